The van der Waals surface area contributed by atoms with Gasteiger partial charge in [0, 0.05) is 25.3 Å². The van der Waals surface area contributed by atoms with Crippen LogP contribution in [-0.4, -0.2) is 40.8 Å². The number of ether oxygens (including phenoxy) is 1. The standard InChI is InChI=1S/C20H25N3O4S/c1-13(14-5-4-6-17(9-14)27-2)23-20(24)18-8-7-15(16-11-21-22-12-16)10-19(18)28(3,25)26/h4-10,13,16,21-22H,11-12H2,1-3H3,(H,23,24)/t13-/m1/s1. The van der Waals surface area contributed by atoms with Gasteiger partial charge in [0.05, 0.1) is 23.6 Å². The predicted octanol–water partition coefficient (Wildman–Crippen LogP) is 1.78. The zero-order valence-electron chi connectivity index (χ0n) is 16.2. The molecule has 1 amide bonds. The second-order valence-electron chi connectivity index (χ2n) is 6.96. The summed E-state index contributed by atoms with van der Waals surface area (Å²) in [6.45, 7) is 3.26. The van der Waals surface area contributed by atoms with Crippen molar-refractivity contribution in [2.24, 2.45) is 0 Å². The van der Waals surface area contributed by atoms with Crippen LogP contribution in [0.2, 0.25) is 0 Å². The summed E-state index contributed by atoms with van der Waals surface area (Å²) in [7, 11) is -1.98. The Morgan fingerprint density at radius 3 is 2.54 bits per heavy atom. The molecule has 1 aliphatic heterocycles. The van der Waals surface area contributed by atoms with Crippen molar-refractivity contribution in [1.29, 1.82) is 0 Å². The van der Waals surface area contributed by atoms with Gasteiger partial charge in [-0.3, -0.25) is 15.6 Å². The number of benzene rings is 2. The third-order valence-corrected chi connectivity index (χ3v) is 6.02. The summed E-state index contributed by atoms with van der Waals surface area (Å²) in [4.78, 5) is 12.9. The first-order valence-electron chi connectivity index (χ1n) is 9.04. The lowest BCUT2D eigenvalue weighted by atomic mass is 9.98. The number of carbonyl (C=O) groups excluding carboxylic acids is 1. The van der Waals surface area contributed by atoms with Crippen LogP contribution < -0.4 is 20.9 Å². The van der Waals surface area contributed by atoms with Gasteiger partial charge in [-0.2, -0.15) is 0 Å². The van der Waals surface area contributed by atoms with Crippen molar-refractivity contribution in [1.82, 2.24) is 16.2 Å². The summed E-state index contributed by atoms with van der Waals surface area (Å²) < 4.78 is 29.9. The minimum Gasteiger partial charge on any atom is -0.497 e. The van der Waals surface area contributed by atoms with Crippen LogP contribution in [0, 0.1) is 0 Å². The van der Waals surface area contributed by atoms with Crippen molar-refractivity contribution >= 4 is 15.7 Å². The van der Waals surface area contributed by atoms with Crippen molar-refractivity contribution in [3.63, 3.8) is 0 Å². The molecule has 1 heterocycles. The highest BCUT2D eigenvalue weighted by Crippen LogP contribution is 2.25. The van der Waals surface area contributed by atoms with Crippen molar-refractivity contribution in [2.45, 2.75) is 23.8 Å². The number of sulfone groups is 1. The molecule has 2 aromatic carbocycles. The average molecular weight is 404 g/mol. The monoisotopic (exact) mass is 403 g/mol. The molecule has 1 aliphatic rings. The molecule has 8 heteroatoms. The minimum atomic E-state index is -3.56. The lowest BCUT2D eigenvalue weighted by Gasteiger charge is -2.17. The quantitative estimate of drug-likeness (QED) is 0.680. The van der Waals surface area contributed by atoms with Crippen LogP contribution in [0.15, 0.2) is 47.4 Å². The zero-order chi connectivity index (χ0) is 20.3. The van der Waals surface area contributed by atoms with Crippen LogP contribution in [0.1, 0.15) is 40.4 Å². The molecular weight excluding hydrogens is 378 g/mol. The van der Waals surface area contributed by atoms with Gasteiger partial charge in [-0.15, -0.1) is 0 Å². The van der Waals surface area contributed by atoms with E-state index in [4.69, 9.17) is 4.74 Å². The topological polar surface area (TPSA) is 96.5 Å². The van der Waals surface area contributed by atoms with Crippen LogP contribution in [-0.2, 0) is 9.84 Å². The van der Waals surface area contributed by atoms with E-state index in [0.717, 1.165) is 17.4 Å². The Kier molecular flexibility index (Phi) is 6.02. The third kappa shape index (κ3) is 4.52. The van der Waals surface area contributed by atoms with E-state index < -0.39 is 15.7 Å². The molecule has 1 fully saturated rings. The number of amides is 1. The fourth-order valence-corrected chi connectivity index (χ4v) is 4.16. The molecule has 3 rings (SSSR count). The maximum Gasteiger partial charge on any atom is 0.253 e. The van der Waals surface area contributed by atoms with Gasteiger partial charge in [0.2, 0.25) is 0 Å². The summed E-state index contributed by atoms with van der Waals surface area (Å²) in [5.41, 5.74) is 7.97. The molecule has 2 aromatic rings. The van der Waals surface area contributed by atoms with E-state index in [1.54, 1.807) is 19.2 Å². The fraction of sp³-hybridized carbons (Fsp3) is 0.350. The van der Waals surface area contributed by atoms with Crippen LogP contribution in [0.3, 0.4) is 0 Å². The fourth-order valence-electron chi connectivity index (χ4n) is 3.25. The highest BCUT2D eigenvalue weighted by atomic mass is 32.2. The van der Waals surface area contributed by atoms with Crippen LogP contribution in [0.25, 0.3) is 0 Å². The number of rotatable bonds is 6. The van der Waals surface area contributed by atoms with E-state index in [1.165, 1.54) is 0 Å². The Morgan fingerprint density at radius 2 is 1.89 bits per heavy atom. The van der Waals surface area contributed by atoms with Crippen LogP contribution in [0.5, 0.6) is 5.75 Å². The first-order valence-corrected chi connectivity index (χ1v) is 10.9. The molecule has 28 heavy (non-hydrogen) atoms. The van der Waals surface area contributed by atoms with Gasteiger partial charge < -0.3 is 10.1 Å². The Hall–Kier alpha value is -2.42. The van der Waals surface area contributed by atoms with E-state index >= 15 is 0 Å². The van der Waals surface area contributed by atoms with Crippen LogP contribution in [0.4, 0.5) is 0 Å². The minimum absolute atomic E-state index is 0.0484. The maximum absolute atomic E-state index is 12.9. The highest BCUT2D eigenvalue weighted by molar-refractivity contribution is 7.90. The highest BCUT2D eigenvalue weighted by Gasteiger charge is 2.24. The number of hydrogen-bond donors (Lipinski definition) is 3. The Morgan fingerprint density at radius 1 is 1.18 bits per heavy atom. The first kappa shape index (κ1) is 20.3. The Balaban J connectivity index is 1.87. The number of hydrazine groups is 1. The van der Waals surface area contributed by atoms with E-state index in [-0.39, 0.29) is 22.4 Å². The van der Waals surface area contributed by atoms with E-state index in [9.17, 15) is 13.2 Å². The lowest BCUT2D eigenvalue weighted by Crippen LogP contribution is -2.28. The SMILES string of the molecule is COc1cccc([C@@H](C)NC(=O)c2ccc(C3CNNC3)cc2S(C)(=O)=O)c1. The first-order chi connectivity index (χ1) is 13.3. The van der Waals surface area contributed by atoms with E-state index in [2.05, 4.69) is 16.2 Å². The van der Waals surface area contributed by atoms with Gasteiger partial charge in [0.15, 0.2) is 9.84 Å². The van der Waals surface area contributed by atoms with Gasteiger partial charge in [-0.25, -0.2) is 8.42 Å². The Labute approximate surface area is 165 Å². The van der Waals surface area contributed by atoms with Gasteiger partial charge in [-0.05, 0) is 42.3 Å². The molecule has 0 aromatic heterocycles. The molecule has 0 saturated carbocycles. The number of carbonyl (C=O) groups is 1. The summed E-state index contributed by atoms with van der Waals surface area (Å²) in [6.07, 6.45) is 1.12. The largest absolute Gasteiger partial charge is 0.497 e. The molecule has 0 bridgehead atoms. The van der Waals surface area contributed by atoms with Crippen molar-refractivity contribution < 1.29 is 17.9 Å². The second kappa shape index (κ2) is 8.30. The molecule has 3 N–H and O–H groups in total. The Bertz CT molecular complexity index is 969. The molecular formula is C20H25N3O4S. The molecule has 150 valence electrons. The summed E-state index contributed by atoms with van der Waals surface area (Å²) >= 11 is 0. The molecule has 1 saturated heterocycles. The lowest BCUT2D eigenvalue weighted by molar-refractivity contribution is 0.0936. The summed E-state index contributed by atoms with van der Waals surface area (Å²) in [5, 5.41) is 2.88. The van der Waals surface area contributed by atoms with Gasteiger partial charge >= 0.3 is 0 Å². The molecule has 0 aliphatic carbocycles. The van der Waals surface area contributed by atoms with Gasteiger partial charge in [-0.1, -0.05) is 18.2 Å². The maximum atomic E-state index is 12.9. The molecule has 0 radical (unpaired) electrons. The van der Waals surface area contributed by atoms with E-state index in [1.807, 2.05) is 37.3 Å². The van der Waals surface area contributed by atoms with Crippen molar-refractivity contribution in [3.8, 4) is 5.75 Å². The average Bonchev–Trinajstić information content (AvgIpc) is 3.21. The smallest absolute Gasteiger partial charge is 0.253 e. The van der Waals surface area contributed by atoms with Crippen molar-refractivity contribution in [2.75, 3.05) is 26.5 Å². The second-order valence-corrected chi connectivity index (χ2v) is 8.94. The van der Waals surface area contributed by atoms with Crippen molar-refractivity contribution in [3.05, 3.63) is 59.2 Å². The number of methoxy groups -OCH3 is 1. The predicted molar refractivity (Wildman–Crippen MR) is 107 cm³/mol. The van der Waals surface area contributed by atoms with Gasteiger partial charge in [0.1, 0.15) is 5.75 Å². The van der Waals surface area contributed by atoms with Crippen LogP contribution >= 0.6 is 0 Å². The van der Waals surface area contributed by atoms with Gasteiger partial charge in [0.25, 0.3) is 5.91 Å². The molecule has 7 nitrogen and oxygen atoms in total. The molecule has 0 unspecified atom stereocenters. The van der Waals surface area contributed by atoms with E-state index in [0.29, 0.717) is 18.8 Å². The normalized spacial score (nSPS) is 16.0. The molecule has 1 atom stereocenters. The summed E-state index contributed by atoms with van der Waals surface area (Å²) in [5.74, 6) is 0.428. The third-order valence-electron chi connectivity index (χ3n) is 4.88. The summed E-state index contributed by atoms with van der Waals surface area (Å²) in [6, 6.07) is 12.1. The number of nitrogens with one attached hydrogen (secondary N) is 3. The number of hydrogen-bond acceptors (Lipinski definition) is 6. The zero-order valence-corrected chi connectivity index (χ0v) is 17.0. The molecule has 0 spiro atoms.